The van der Waals surface area contributed by atoms with Crippen LogP contribution in [0.3, 0.4) is 0 Å². The fourth-order valence-corrected chi connectivity index (χ4v) is 0.741. The van der Waals surface area contributed by atoms with Gasteiger partial charge in [0.1, 0.15) is 5.84 Å². The third-order valence-electron chi connectivity index (χ3n) is 1.22. The fourth-order valence-electron chi connectivity index (χ4n) is 0.741. The summed E-state index contributed by atoms with van der Waals surface area (Å²) in [6.45, 7) is 0. The topological polar surface area (TPSA) is 54.8 Å². The Morgan fingerprint density at radius 3 is 2.50 bits per heavy atom. The summed E-state index contributed by atoms with van der Waals surface area (Å²) in [6.07, 6.45) is 1.86. The zero-order chi connectivity index (χ0) is 6.85. The zero-order valence-electron chi connectivity index (χ0n) is 5.26. The molecule has 0 fully saturated rings. The molecule has 1 heterocycles. The summed E-state index contributed by atoms with van der Waals surface area (Å²) < 4.78 is 1.81. The maximum absolute atomic E-state index is 7.05. The SMILES string of the molecule is C.Cn1cccc1C(=N)N. The van der Waals surface area contributed by atoms with Crippen molar-refractivity contribution < 1.29 is 0 Å². The molecule has 0 saturated carbocycles. The van der Waals surface area contributed by atoms with Crippen LogP contribution in [0.2, 0.25) is 0 Å². The molecule has 0 amide bonds. The summed E-state index contributed by atoms with van der Waals surface area (Å²) in [7, 11) is 1.86. The Hall–Kier alpha value is -1.25. The van der Waals surface area contributed by atoms with Crippen LogP contribution in [-0.2, 0) is 7.05 Å². The van der Waals surface area contributed by atoms with Crippen LogP contribution in [0.25, 0.3) is 0 Å². The van der Waals surface area contributed by atoms with E-state index < -0.39 is 0 Å². The van der Waals surface area contributed by atoms with Crippen LogP contribution in [0.4, 0.5) is 0 Å². The van der Waals surface area contributed by atoms with Crippen LogP contribution in [0.15, 0.2) is 18.3 Å². The molecule has 3 nitrogen and oxygen atoms in total. The Bertz CT molecular complexity index is 225. The Labute approximate surface area is 61.0 Å². The molecule has 0 bridgehead atoms. The molecule has 1 rings (SSSR count). The number of aromatic nitrogens is 1. The van der Waals surface area contributed by atoms with Crippen molar-refractivity contribution in [1.29, 1.82) is 5.41 Å². The summed E-state index contributed by atoms with van der Waals surface area (Å²) in [5, 5.41) is 7.05. The summed E-state index contributed by atoms with van der Waals surface area (Å²) in [5.74, 6) is 0.113. The molecule has 0 unspecified atom stereocenters. The molecule has 3 N–H and O–H groups in total. The van der Waals surface area contributed by atoms with Crippen LogP contribution in [0.5, 0.6) is 0 Å². The highest BCUT2D eigenvalue weighted by Crippen LogP contribution is 1.96. The Morgan fingerprint density at radius 1 is 1.70 bits per heavy atom. The average Bonchev–Trinajstić information content (AvgIpc) is 2.13. The molecular formula is C7H13N3. The van der Waals surface area contributed by atoms with Crippen LogP contribution >= 0.6 is 0 Å². The van der Waals surface area contributed by atoms with Gasteiger partial charge in [-0.3, -0.25) is 5.41 Å². The lowest BCUT2D eigenvalue weighted by Crippen LogP contribution is -2.14. The number of hydrogen-bond acceptors (Lipinski definition) is 1. The van der Waals surface area contributed by atoms with Crippen molar-refractivity contribution in [1.82, 2.24) is 4.57 Å². The number of amidine groups is 1. The van der Waals surface area contributed by atoms with Crippen molar-refractivity contribution >= 4 is 5.84 Å². The minimum absolute atomic E-state index is 0. The number of hydrogen-bond donors (Lipinski definition) is 2. The van der Waals surface area contributed by atoms with Crippen molar-refractivity contribution in [3.8, 4) is 0 Å². The number of aryl methyl sites for hydroxylation is 1. The minimum Gasteiger partial charge on any atom is -0.382 e. The number of nitrogens with two attached hydrogens (primary N) is 1. The van der Waals surface area contributed by atoms with E-state index in [0.717, 1.165) is 5.69 Å². The van der Waals surface area contributed by atoms with Gasteiger partial charge in [0.15, 0.2) is 0 Å². The largest absolute Gasteiger partial charge is 0.382 e. The maximum Gasteiger partial charge on any atom is 0.139 e. The smallest absolute Gasteiger partial charge is 0.139 e. The van der Waals surface area contributed by atoms with Gasteiger partial charge in [-0.15, -0.1) is 0 Å². The molecule has 56 valence electrons. The van der Waals surface area contributed by atoms with E-state index in [1.54, 1.807) is 0 Å². The fraction of sp³-hybridized carbons (Fsp3) is 0.286. The predicted octanol–water partition coefficient (Wildman–Crippen LogP) is 0.945. The second kappa shape index (κ2) is 3.06. The Kier molecular flexibility index (Phi) is 2.67. The highest BCUT2D eigenvalue weighted by atomic mass is 15.0. The van der Waals surface area contributed by atoms with Gasteiger partial charge in [-0.2, -0.15) is 0 Å². The molecule has 0 radical (unpaired) electrons. The molecule has 0 spiro atoms. The van der Waals surface area contributed by atoms with Crippen LogP contribution in [0, 0.1) is 5.41 Å². The summed E-state index contributed by atoms with van der Waals surface area (Å²) in [5.41, 5.74) is 5.98. The third kappa shape index (κ3) is 1.37. The normalized spacial score (nSPS) is 8.50. The van der Waals surface area contributed by atoms with Gasteiger partial charge in [-0.05, 0) is 12.1 Å². The summed E-state index contributed by atoms with van der Waals surface area (Å²) in [4.78, 5) is 0. The lowest BCUT2D eigenvalue weighted by Gasteiger charge is -1.97. The lowest BCUT2D eigenvalue weighted by atomic mass is 10.4. The quantitative estimate of drug-likeness (QED) is 0.441. The molecule has 0 aromatic carbocycles. The standard InChI is InChI=1S/C6H9N3.CH4/c1-9-4-2-3-5(9)6(7)8;/h2-4H,1H3,(H3,7,8);1H4. The molecule has 10 heavy (non-hydrogen) atoms. The van der Waals surface area contributed by atoms with Crippen LogP contribution in [-0.4, -0.2) is 10.4 Å². The van der Waals surface area contributed by atoms with Gasteiger partial charge in [0.25, 0.3) is 0 Å². The van der Waals surface area contributed by atoms with Gasteiger partial charge in [0, 0.05) is 13.2 Å². The first kappa shape index (κ1) is 8.75. The van der Waals surface area contributed by atoms with Gasteiger partial charge in [-0.25, -0.2) is 0 Å². The second-order valence-electron chi connectivity index (χ2n) is 1.92. The van der Waals surface area contributed by atoms with Crippen molar-refractivity contribution in [2.45, 2.75) is 7.43 Å². The van der Waals surface area contributed by atoms with E-state index in [9.17, 15) is 0 Å². The van der Waals surface area contributed by atoms with Crippen molar-refractivity contribution in [3.63, 3.8) is 0 Å². The third-order valence-corrected chi connectivity index (χ3v) is 1.22. The predicted molar refractivity (Wildman–Crippen MR) is 43.2 cm³/mol. The first-order valence-corrected chi connectivity index (χ1v) is 2.67. The number of nitrogen functional groups attached to an aromatic ring is 1. The van der Waals surface area contributed by atoms with Crippen molar-refractivity contribution in [2.24, 2.45) is 12.8 Å². The van der Waals surface area contributed by atoms with E-state index in [1.807, 2.05) is 29.9 Å². The molecule has 3 heteroatoms. The monoisotopic (exact) mass is 139 g/mol. The lowest BCUT2D eigenvalue weighted by molar-refractivity contribution is 0.911. The number of nitrogens with zero attached hydrogens (tertiary/aromatic N) is 1. The van der Waals surface area contributed by atoms with E-state index in [-0.39, 0.29) is 13.3 Å². The van der Waals surface area contributed by atoms with Crippen LogP contribution < -0.4 is 5.73 Å². The van der Waals surface area contributed by atoms with E-state index in [4.69, 9.17) is 11.1 Å². The summed E-state index contributed by atoms with van der Waals surface area (Å²) in [6, 6.07) is 3.67. The molecule has 0 aliphatic carbocycles. The number of rotatable bonds is 1. The van der Waals surface area contributed by atoms with E-state index in [2.05, 4.69) is 0 Å². The molecule has 0 aliphatic rings. The average molecular weight is 139 g/mol. The Morgan fingerprint density at radius 2 is 2.30 bits per heavy atom. The minimum atomic E-state index is 0. The van der Waals surface area contributed by atoms with Gasteiger partial charge in [-0.1, -0.05) is 7.43 Å². The van der Waals surface area contributed by atoms with Crippen molar-refractivity contribution in [3.05, 3.63) is 24.0 Å². The van der Waals surface area contributed by atoms with Crippen LogP contribution in [0.1, 0.15) is 13.1 Å². The van der Waals surface area contributed by atoms with Gasteiger partial charge < -0.3 is 10.3 Å². The van der Waals surface area contributed by atoms with Gasteiger partial charge >= 0.3 is 0 Å². The maximum atomic E-state index is 7.05. The van der Waals surface area contributed by atoms with E-state index in [1.165, 1.54) is 0 Å². The highest BCUT2D eigenvalue weighted by molar-refractivity contribution is 5.93. The van der Waals surface area contributed by atoms with E-state index >= 15 is 0 Å². The molecule has 0 atom stereocenters. The number of nitrogens with one attached hydrogen (secondary N) is 1. The molecule has 1 aromatic rings. The highest BCUT2D eigenvalue weighted by Gasteiger charge is 1.96. The first-order chi connectivity index (χ1) is 4.22. The summed E-state index contributed by atoms with van der Waals surface area (Å²) >= 11 is 0. The molecule has 1 aromatic heterocycles. The molecule has 0 aliphatic heterocycles. The van der Waals surface area contributed by atoms with Crippen molar-refractivity contribution in [2.75, 3.05) is 0 Å². The van der Waals surface area contributed by atoms with E-state index in [0.29, 0.717) is 0 Å². The zero-order valence-corrected chi connectivity index (χ0v) is 5.26. The first-order valence-electron chi connectivity index (χ1n) is 2.67. The Balaban J connectivity index is 0.000000810. The molecular weight excluding hydrogens is 126 g/mol. The van der Waals surface area contributed by atoms with Gasteiger partial charge in [0.05, 0.1) is 5.69 Å². The second-order valence-corrected chi connectivity index (χ2v) is 1.92. The molecule has 0 saturated heterocycles. The van der Waals surface area contributed by atoms with Gasteiger partial charge in [0.2, 0.25) is 0 Å².